The fraction of sp³-hybridized carbons (Fsp3) is 0.882. The largest absolute Gasteiger partial charge is 0.369 e. The predicted molar refractivity (Wildman–Crippen MR) is 112 cm³/mol. The lowest BCUT2D eigenvalue weighted by atomic mass is 9.96. The molecule has 6 nitrogen and oxygen atoms in total. The van der Waals surface area contributed by atoms with Gasteiger partial charge in [-0.15, -0.1) is 24.0 Å². The first kappa shape index (κ1) is 23.4. The number of guanidine groups is 1. The zero-order valence-corrected chi connectivity index (χ0v) is 17.8. The van der Waals surface area contributed by atoms with E-state index in [4.69, 9.17) is 5.73 Å². The van der Waals surface area contributed by atoms with Crippen molar-refractivity contribution in [3.63, 3.8) is 0 Å². The minimum Gasteiger partial charge on any atom is -0.369 e. The molecule has 0 radical (unpaired) electrons. The Bertz CT molecular complexity index is 368. The molecule has 0 aromatic rings. The maximum Gasteiger partial charge on any atom is 0.220 e. The summed E-state index contributed by atoms with van der Waals surface area (Å²) in [5, 5.41) is 6.70. The number of nitrogens with zero attached hydrogens (tertiary/aromatic N) is 2. The van der Waals surface area contributed by atoms with Crippen molar-refractivity contribution in [3.05, 3.63) is 0 Å². The van der Waals surface area contributed by atoms with Crippen molar-refractivity contribution in [2.75, 3.05) is 39.8 Å². The van der Waals surface area contributed by atoms with Crippen LogP contribution in [-0.4, -0.2) is 56.5 Å². The van der Waals surface area contributed by atoms with Crippen LogP contribution in [-0.2, 0) is 4.79 Å². The van der Waals surface area contributed by atoms with Gasteiger partial charge in [-0.1, -0.05) is 13.8 Å². The zero-order chi connectivity index (χ0) is 17.1. The molecule has 0 aromatic heterocycles. The summed E-state index contributed by atoms with van der Waals surface area (Å²) in [6.07, 6.45) is 5.28. The third-order valence-electron chi connectivity index (χ3n) is 4.42. The Morgan fingerprint density at radius 3 is 2.38 bits per heavy atom. The van der Waals surface area contributed by atoms with E-state index in [0.29, 0.717) is 5.92 Å². The van der Waals surface area contributed by atoms with Gasteiger partial charge >= 0.3 is 0 Å². The van der Waals surface area contributed by atoms with Gasteiger partial charge in [0.2, 0.25) is 5.91 Å². The minimum absolute atomic E-state index is 0. The molecule has 1 amide bonds. The van der Waals surface area contributed by atoms with Crippen LogP contribution in [0.2, 0.25) is 0 Å². The summed E-state index contributed by atoms with van der Waals surface area (Å²) in [6.45, 7) is 9.46. The lowest BCUT2D eigenvalue weighted by molar-refractivity contribution is -0.123. The quantitative estimate of drug-likeness (QED) is 0.215. The second kappa shape index (κ2) is 13.7. The Balaban J connectivity index is 0.00000529. The van der Waals surface area contributed by atoms with E-state index in [0.717, 1.165) is 70.8 Å². The number of likely N-dealkylation sites (tertiary alicyclic amines) is 1. The number of rotatable bonds is 9. The summed E-state index contributed by atoms with van der Waals surface area (Å²) in [4.78, 5) is 17.8. The van der Waals surface area contributed by atoms with E-state index in [-0.39, 0.29) is 35.8 Å². The van der Waals surface area contributed by atoms with Crippen molar-refractivity contribution in [3.8, 4) is 0 Å². The molecule has 0 unspecified atom stereocenters. The second-order valence-corrected chi connectivity index (χ2v) is 6.83. The number of hydrogen-bond donors (Lipinski definition) is 3. The van der Waals surface area contributed by atoms with Gasteiger partial charge in [0.15, 0.2) is 5.96 Å². The van der Waals surface area contributed by atoms with Crippen LogP contribution in [0.5, 0.6) is 0 Å². The molecule has 1 rings (SSSR count). The Labute approximate surface area is 164 Å². The number of halogens is 1. The number of carbonyl (C=O) groups excluding carboxylic acids is 1. The topological polar surface area (TPSA) is 82.8 Å². The average molecular weight is 453 g/mol. The first-order valence-corrected chi connectivity index (χ1v) is 8.99. The van der Waals surface area contributed by atoms with Crippen LogP contribution in [0.3, 0.4) is 0 Å². The third-order valence-corrected chi connectivity index (χ3v) is 4.42. The first-order chi connectivity index (χ1) is 11.0. The van der Waals surface area contributed by atoms with E-state index in [1.807, 2.05) is 7.05 Å². The van der Waals surface area contributed by atoms with Crippen LogP contribution in [0.1, 0.15) is 46.0 Å². The second-order valence-electron chi connectivity index (χ2n) is 6.83. The lowest BCUT2D eigenvalue weighted by Gasteiger charge is -2.30. The van der Waals surface area contributed by atoms with Gasteiger partial charge in [0, 0.05) is 26.1 Å². The summed E-state index contributed by atoms with van der Waals surface area (Å²) in [5.41, 5.74) is 5.36. The fourth-order valence-electron chi connectivity index (χ4n) is 2.81. The highest BCUT2D eigenvalue weighted by molar-refractivity contribution is 14.0. The molecule has 0 bridgehead atoms. The molecule has 24 heavy (non-hydrogen) atoms. The molecule has 0 saturated carbocycles. The average Bonchev–Trinajstić information content (AvgIpc) is 2.53. The zero-order valence-electron chi connectivity index (χ0n) is 15.5. The lowest BCUT2D eigenvalue weighted by Crippen LogP contribution is -2.40. The van der Waals surface area contributed by atoms with Crippen LogP contribution in [0.15, 0.2) is 4.99 Å². The van der Waals surface area contributed by atoms with Crippen molar-refractivity contribution in [2.24, 2.45) is 22.6 Å². The number of piperidine rings is 1. The third kappa shape index (κ3) is 10.3. The molecule has 0 spiro atoms. The summed E-state index contributed by atoms with van der Waals surface area (Å²) in [7, 11) is 1.81. The fourth-order valence-corrected chi connectivity index (χ4v) is 2.81. The van der Waals surface area contributed by atoms with E-state index in [1.54, 1.807) is 0 Å². The maximum absolute atomic E-state index is 11.1. The molecule has 0 aromatic carbocycles. The van der Waals surface area contributed by atoms with Crippen molar-refractivity contribution in [1.29, 1.82) is 0 Å². The molecule has 1 heterocycles. The van der Waals surface area contributed by atoms with Gasteiger partial charge in [-0.2, -0.15) is 0 Å². The number of carbonyl (C=O) groups is 1. The van der Waals surface area contributed by atoms with E-state index < -0.39 is 0 Å². The van der Waals surface area contributed by atoms with Crippen molar-refractivity contribution < 1.29 is 4.79 Å². The molecule has 1 aliphatic rings. The molecule has 0 aliphatic carbocycles. The van der Waals surface area contributed by atoms with Crippen molar-refractivity contribution >= 4 is 35.8 Å². The van der Waals surface area contributed by atoms with E-state index in [1.165, 1.54) is 0 Å². The van der Waals surface area contributed by atoms with E-state index >= 15 is 0 Å². The normalized spacial score (nSPS) is 16.8. The van der Waals surface area contributed by atoms with Gasteiger partial charge in [-0.05, 0) is 57.7 Å². The summed E-state index contributed by atoms with van der Waals surface area (Å²) in [5.74, 6) is 1.56. The van der Waals surface area contributed by atoms with Gasteiger partial charge in [0.1, 0.15) is 0 Å². The number of primary amides is 1. The van der Waals surface area contributed by atoms with Crippen LogP contribution in [0.25, 0.3) is 0 Å². The molecule has 1 saturated heterocycles. The van der Waals surface area contributed by atoms with Gasteiger partial charge in [0.05, 0.1) is 0 Å². The number of amides is 1. The number of hydrogen-bond acceptors (Lipinski definition) is 3. The van der Waals surface area contributed by atoms with Gasteiger partial charge in [-0.25, -0.2) is 0 Å². The Morgan fingerprint density at radius 2 is 1.83 bits per heavy atom. The number of nitrogens with one attached hydrogen (secondary N) is 2. The van der Waals surface area contributed by atoms with Gasteiger partial charge in [-0.3, -0.25) is 9.79 Å². The Morgan fingerprint density at radius 1 is 1.21 bits per heavy atom. The molecular weight excluding hydrogens is 417 g/mol. The van der Waals surface area contributed by atoms with Crippen LogP contribution in [0, 0.1) is 11.8 Å². The Kier molecular flexibility index (Phi) is 13.4. The van der Waals surface area contributed by atoms with Crippen LogP contribution >= 0.6 is 24.0 Å². The molecule has 0 atom stereocenters. The summed E-state index contributed by atoms with van der Waals surface area (Å²) >= 11 is 0. The van der Waals surface area contributed by atoms with Crippen LogP contribution in [0.4, 0.5) is 0 Å². The number of aliphatic imine (C=N–C) groups is 1. The predicted octanol–water partition coefficient (Wildman–Crippen LogP) is 1.79. The monoisotopic (exact) mass is 453 g/mol. The molecule has 7 heteroatoms. The maximum atomic E-state index is 11.1. The van der Waals surface area contributed by atoms with Crippen molar-refractivity contribution in [2.45, 2.75) is 46.0 Å². The minimum atomic E-state index is -0.134. The highest BCUT2D eigenvalue weighted by Gasteiger charge is 2.22. The molecule has 1 aliphatic heterocycles. The Hall–Kier alpha value is -0.570. The van der Waals surface area contributed by atoms with Gasteiger partial charge < -0.3 is 21.3 Å². The SMILES string of the molecule is CN=C(NCCCCN1CCC(C(N)=O)CC1)NCCC(C)C.I. The summed E-state index contributed by atoms with van der Waals surface area (Å²) < 4.78 is 0. The van der Waals surface area contributed by atoms with Crippen LogP contribution < -0.4 is 16.4 Å². The van der Waals surface area contributed by atoms with E-state index in [2.05, 4.69) is 34.4 Å². The molecular formula is C17H36IN5O. The smallest absolute Gasteiger partial charge is 0.220 e. The highest BCUT2D eigenvalue weighted by atomic mass is 127. The number of unbranched alkanes of at least 4 members (excludes halogenated alkanes) is 1. The summed E-state index contributed by atoms with van der Waals surface area (Å²) in [6, 6.07) is 0. The van der Waals surface area contributed by atoms with Gasteiger partial charge in [0.25, 0.3) is 0 Å². The highest BCUT2D eigenvalue weighted by Crippen LogP contribution is 2.16. The van der Waals surface area contributed by atoms with Crippen molar-refractivity contribution in [1.82, 2.24) is 15.5 Å². The number of nitrogens with two attached hydrogens (primary N) is 1. The molecule has 142 valence electrons. The van der Waals surface area contributed by atoms with E-state index in [9.17, 15) is 4.79 Å². The molecule has 4 N–H and O–H groups in total. The standard InChI is InChI=1S/C17H35N5O.HI/c1-14(2)6-10-21-17(19-3)20-9-4-5-11-22-12-7-15(8-13-22)16(18)23;/h14-15H,4-13H2,1-3H3,(H2,18,23)(H2,19,20,21);1H. The molecule has 1 fully saturated rings. The first-order valence-electron chi connectivity index (χ1n) is 8.99.